The molecule has 0 aliphatic carbocycles. The molecule has 1 N–H and O–H groups in total. The van der Waals surface area contributed by atoms with E-state index >= 15 is 0 Å². The first-order valence-corrected chi connectivity index (χ1v) is 10.1. The van der Waals surface area contributed by atoms with Crippen LogP contribution >= 0.6 is 11.8 Å². The third-order valence-corrected chi connectivity index (χ3v) is 5.60. The minimum atomic E-state index is -0.0832. The second-order valence-electron chi connectivity index (χ2n) is 6.72. The van der Waals surface area contributed by atoms with Crippen LogP contribution < -0.4 is 0 Å². The Balaban J connectivity index is 1.41. The molecule has 9 heteroatoms. The molecule has 144 valence electrons. The number of Topliss-reactive ketones (excluding diaryl/α,β-unsaturated/α-hetero) is 1. The normalized spacial score (nSPS) is 13.8. The summed E-state index contributed by atoms with van der Waals surface area (Å²) in [7, 11) is 0. The van der Waals surface area contributed by atoms with E-state index in [-0.39, 0.29) is 17.4 Å². The quantitative estimate of drug-likeness (QED) is 0.508. The van der Waals surface area contributed by atoms with Crippen molar-refractivity contribution in [2.45, 2.75) is 24.9 Å². The smallest absolute Gasteiger partial charge is 0.270 e. The number of likely N-dealkylation sites (tertiary alicyclic amines) is 1. The molecule has 8 nitrogen and oxygen atoms in total. The van der Waals surface area contributed by atoms with Crippen molar-refractivity contribution in [2.75, 3.05) is 18.8 Å². The number of tetrazole rings is 1. The van der Waals surface area contributed by atoms with Crippen molar-refractivity contribution in [2.24, 2.45) is 0 Å². The Labute approximate surface area is 166 Å². The highest BCUT2D eigenvalue weighted by Gasteiger charge is 2.22. The molecular formula is C19H20N6O2S. The van der Waals surface area contributed by atoms with Crippen molar-refractivity contribution in [1.82, 2.24) is 30.1 Å². The van der Waals surface area contributed by atoms with E-state index in [0.717, 1.165) is 37.2 Å². The average molecular weight is 396 g/mol. The summed E-state index contributed by atoms with van der Waals surface area (Å²) in [5.41, 5.74) is 2.93. The van der Waals surface area contributed by atoms with Crippen LogP contribution in [0, 0.1) is 6.92 Å². The third kappa shape index (κ3) is 3.84. The molecule has 2 aromatic heterocycles. The monoisotopic (exact) mass is 396 g/mol. The molecule has 0 radical (unpaired) electrons. The van der Waals surface area contributed by atoms with Gasteiger partial charge < -0.3 is 9.88 Å². The number of carbonyl (C=O) groups excluding carboxylic acids is 2. The molecule has 3 heterocycles. The Kier molecular flexibility index (Phi) is 5.25. The number of hydrogen-bond donors (Lipinski definition) is 1. The zero-order valence-corrected chi connectivity index (χ0v) is 16.3. The summed E-state index contributed by atoms with van der Waals surface area (Å²) in [5.74, 6) is 0.0502. The molecule has 3 aromatic rings. The highest BCUT2D eigenvalue weighted by Crippen LogP contribution is 2.20. The first kappa shape index (κ1) is 18.4. The fraction of sp³-hybridized carbons (Fsp3) is 0.316. The molecular weight excluding hydrogens is 376 g/mol. The van der Waals surface area contributed by atoms with Crippen molar-refractivity contribution in [3.05, 3.63) is 53.3 Å². The minimum Gasteiger partial charge on any atom is -0.356 e. The number of carbonyl (C=O) groups is 2. The Hall–Kier alpha value is -2.94. The molecule has 0 bridgehead atoms. The van der Waals surface area contributed by atoms with E-state index in [0.29, 0.717) is 16.4 Å². The molecule has 1 fully saturated rings. The van der Waals surface area contributed by atoms with Crippen LogP contribution in [0.5, 0.6) is 0 Å². The number of aromatic nitrogens is 5. The summed E-state index contributed by atoms with van der Waals surface area (Å²) in [5, 5.41) is 12.3. The number of nitrogens with zero attached hydrogens (tertiary/aromatic N) is 5. The van der Waals surface area contributed by atoms with Crippen molar-refractivity contribution < 1.29 is 9.59 Å². The summed E-state index contributed by atoms with van der Waals surface area (Å²) in [4.78, 5) is 29.7. The second-order valence-corrected chi connectivity index (χ2v) is 7.66. The lowest BCUT2D eigenvalue weighted by Gasteiger charge is -2.13. The van der Waals surface area contributed by atoms with E-state index in [1.807, 2.05) is 36.1 Å². The van der Waals surface area contributed by atoms with Crippen LogP contribution in [0.2, 0.25) is 0 Å². The fourth-order valence-corrected chi connectivity index (χ4v) is 3.89. The van der Waals surface area contributed by atoms with Gasteiger partial charge in [-0.1, -0.05) is 29.5 Å². The number of H-pyrrole nitrogens is 1. The van der Waals surface area contributed by atoms with E-state index in [4.69, 9.17) is 0 Å². The van der Waals surface area contributed by atoms with Crippen molar-refractivity contribution in [3.63, 3.8) is 0 Å². The number of benzene rings is 1. The molecule has 0 spiro atoms. The standard InChI is InChI=1S/C19H20N6O2S/c1-13-4-6-15(7-5-13)25-19(21-22-23-25)28-12-17(26)14-10-16(20-11-14)18(27)24-8-2-3-9-24/h4-7,10-11,20H,2-3,8-9,12H2,1H3. The van der Waals surface area contributed by atoms with Crippen LogP contribution in [0.15, 0.2) is 41.7 Å². The average Bonchev–Trinajstić information content (AvgIpc) is 3.48. The van der Waals surface area contributed by atoms with E-state index in [2.05, 4.69) is 20.5 Å². The summed E-state index contributed by atoms with van der Waals surface area (Å²) in [6.07, 6.45) is 3.66. The van der Waals surface area contributed by atoms with Gasteiger partial charge >= 0.3 is 0 Å². The summed E-state index contributed by atoms with van der Waals surface area (Å²) in [6, 6.07) is 9.46. The number of hydrogen-bond acceptors (Lipinski definition) is 6. The fourth-order valence-electron chi connectivity index (χ4n) is 3.10. The first-order chi connectivity index (χ1) is 13.6. The number of amides is 1. The van der Waals surface area contributed by atoms with Gasteiger partial charge in [0, 0.05) is 24.8 Å². The molecule has 0 unspecified atom stereocenters. The van der Waals surface area contributed by atoms with Gasteiger partial charge in [0.15, 0.2) is 5.78 Å². The van der Waals surface area contributed by atoms with Gasteiger partial charge in [-0.25, -0.2) is 0 Å². The first-order valence-electron chi connectivity index (χ1n) is 9.11. The Morgan fingerprint density at radius 3 is 2.68 bits per heavy atom. The van der Waals surface area contributed by atoms with Gasteiger partial charge in [0.25, 0.3) is 5.91 Å². The second kappa shape index (κ2) is 7.97. The molecule has 1 saturated heterocycles. The van der Waals surface area contributed by atoms with Gasteiger partial charge in [-0.15, -0.1) is 5.10 Å². The maximum absolute atomic E-state index is 12.5. The van der Waals surface area contributed by atoms with Crippen molar-refractivity contribution in [1.29, 1.82) is 0 Å². The topological polar surface area (TPSA) is 96.8 Å². The number of thioether (sulfide) groups is 1. The lowest BCUT2D eigenvalue weighted by atomic mass is 10.2. The minimum absolute atomic E-state index is 0.0486. The summed E-state index contributed by atoms with van der Waals surface area (Å²) < 4.78 is 1.61. The van der Waals surface area contributed by atoms with Gasteiger partial charge in [-0.3, -0.25) is 9.59 Å². The number of aryl methyl sites for hydroxylation is 1. The molecule has 1 aliphatic rings. The highest BCUT2D eigenvalue weighted by molar-refractivity contribution is 7.99. The van der Waals surface area contributed by atoms with Gasteiger partial charge in [-0.2, -0.15) is 4.68 Å². The van der Waals surface area contributed by atoms with E-state index in [1.165, 1.54) is 11.8 Å². The van der Waals surface area contributed by atoms with Gasteiger partial charge in [0.05, 0.1) is 11.4 Å². The molecule has 1 aromatic carbocycles. The highest BCUT2D eigenvalue weighted by atomic mass is 32.2. The predicted octanol–water partition coefficient (Wildman–Crippen LogP) is 2.51. The number of nitrogens with one attached hydrogen (secondary N) is 1. The van der Waals surface area contributed by atoms with Crippen LogP contribution in [0.25, 0.3) is 5.69 Å². The van der Waals surface area contributed by atoms with Crippen LogP contribution in [0.1, 0.15) is 39.3 Å². The Bertz CT molecular complexity index is 988. The van der Waals surface area contributed by atoms with Crippen LogP contribution in [-0.4, -0.2) is 60.6 Å². The molecule has 1 amide bonds. The van der Waals surface area contributed by atoms with E-state index < -0.39 is 0 Å². The lowest BCUT2D eigenvalue weighted by Crippen LogP contribution is -2.27. The largest absolute Gasteiger partial charge is 0.356 e. The summed E-state index contributed by atoms with van der Waals surface area (Å²) >= 11 is 1.27. The molecule has 4 rings (SSSR count). The summed E-state index contributed by atoms with van der Waals surface area (Å²) in [6.45, 7) is 3.56. The Morgan fingerprint density at radius 1 is 1.18 bits per heavy atom. The van der Waals surface area contributed by atoms with Crippen molar-refractivity contribution >= 4 is 23.5 Å². The Morgan fingerprint density at radius 2 is 1.93 bits per heavy atom. The van der Waals surface area contributed by atoms with E-state index in [9.17, 15) is 9.59 Å². The van der Waals surface area contributed by atoms with Crippen LogP contribution in [0.4, 0.5) is 0 Å². The van der Waals surface area contributed by atoms with E-state index in [1.54, 1.807) is 16.9 Å². The van der Waals surface area contributed by atoms with Crippen LogP contribution in [-0.2, 0) is 0 Å². The molecule has 1 aliphatic heterocycles. The van der Waals surface area contributed by atoms with Gasteiger partial charge in [0.2, 0.25) is 5.16 Å². The molecule has 0 atom stereocenters. The van der Waals surface area contributed by atoms with Gasteiger partial charge in [-0.05, 0) is 48.4 Å². The maximum atomic E-state index is 12.5. The molecule has 0 saturated carbocycles. The SMILES string of the molecule is Cc1ccc(-n2nnnc2SCC(=O)c2c[nH]c(C(=O)N3CCCC3)c2)cc1. The number of aromatic amines is 1. The van der Waals surface area contributed by atoms with Gasteiger partial charge in [0.1, 0.15) is 5.69 Å². The zero-order chi connectivity index (χ0) is 19.5. The molecule has 28 heavy (non-hydrogen) atoms. The third-order valence-electron chi connectivity index (χ3n) is 4.68. The number of rotatable bonds is 6. The zero-order valence-electron chi connectivity index (χ0n) is 15.5. The predicted molar refractivity (Wildman–Crippen MR) is 105 cm³/mol. The maximum Gasteiger partial charge on any atom is 0.270 e. The lowest BCUT2D eigenvalue weighted by molar-refractivity contribution is 0.0787. The van der Waals surface area contributed by atoms with Crippen LogP contribution in [0.3, 0.4) is 0 Å². The number of ketones is 1. The van der Waals surface area contributed by atoms with Crippen molar-refractivity contribution in [3.8, 4) is 5.69 Å².